The maximum Gasteiger partial charge on any atom is 0.310 e. The Balaban J connectivity index is 3.19. The van der Waals surface area contributed by atoms with E-state index >= 15 is 0 Å². The fourth-order valence-corrected chi connectivity index (χ4v) is 1.48. The van der Waals surface area contributed by atoms with Crippen LogP contribution in [0.4, 0.5) is 0 Å². The maximum atomic E-state index is 11.1. The van der Waals surface area contributed by atoms with Crippen molar-refractivity contribution in [3.8, 4) is 11.8 Å². The number of nitriles is 1. The van der Waals surface area contributed by atoms with E-state index in [4.69, 9.17) is 16.9 Å². The first-order valence-corrected chi connectivity index (χ1v) is 5.03. The summed E-state index contributed by atoms with van der Waals surface area (Å²) in [7, 11) is 1.26. The summed E-state index contributed by atoms with van der Waals surface area (Å²) in [6.45, 7) is 0. The number of methoxy groups -OCH3 is 1. The first kappa shape index (κ1) is 12.3. The van der Waals surface area contributed by atoms with E-state index in [-0.39, 0.29) is 23.6 Å². The van der Waals surface area contributed by atoms with Crippen molar-refractivity contribution in [3.63, 3.8) is 0 Å². The van der Waals surface area contributed by atoms with Crippen LogP contribution < -0.4 is 0 Å². The molecule has 0 heterocycles. The number of hydrogen-bond acceptors (Lipinski definition) is 4. The molecule has 4 nitrogen and oxygen atoms in total. The summed E-state index contributed by atoms with van der Waals surface area (Å²) in [5.74, 6) is -0.435. The lowest BCUT2D eigenvalue weighted by Crippen LogP contribution is -2.06. The molecule has 1 aromatic carbocycles. The molecule has 0 aromatic heterocycles. The van der Waals surface area contributed by atoms with Crippen molar-refractivity contribution in [2.24, 2.45) is 0 Å². The van der Waals surface area contributed by atoms with E-state index in [9.17, 15) is 9.90 Å². The Labute approximate surface area is 98.0 Å². The third kappa shape index (κ3) is 2.65. The Morgan fingerprint density at radius 1 is 1.62 bits per heavy atom. The van der Waals surface area contributed by atoms with Gasteiger partial charge in [0, 0.05) is 5.88 Å². The van der Waals surface area contributed by atoms with Crippen molar-refractivity contribution in [2.75, 3.05) is 7.11 Å². The molecule has 1 N–H and O–H groups in total. The molecular weight excluding hydrogens is 230 g/mol. The summed E-state index contributed by atoms with van der Waals surface area (Å²) in [4.78, 5) is 11.1. The molecule has 84 valence electrons. The average Bonchev–Trinajstić information content (AvgIpc) is 2.28. The molecule has 0 fully saturated rings. The summed E-state index contributed by atoms with van der Waals surface area (Å²) in [6, 6.07) is 4.87. The Kier molecular flexibility index (Phi) is 4.15. The number of esters is 1. The number of halogens is 1. The predicted molar refractivity (Wildman–Crippen MR) is 58.1 cm³/mol. The average molecular weight is 240 g/mol. The number of phenolic OH excluding ortho intramolecular Hbond substituents is 1. The molecule has 1 rings (SSSR count). The fourth-order valence-electron chi connectivity index (χ4n) is 1.32. The molecule has 0 amide bonds. The Morgan fingerprint density at radius 3 is 2.81 bits per heavy atom. The second-order valence-corrected chi connectivity index (χ2v) is 3.41. The minimum absolute atomic E-state index is 0.0579. The van der Waals surface area contributed by atoms with Gasteiger partial charge in [0.15, 0.2) is 0 Å². The molecule has 16 heavy (non-hydrogen) atoms. The van der Waals surface area contributed by atoms with Crippen molar-refractivity contribution in [3.05, 3.63) is 28.8 Å². The number of carbonyl (C=O) groups excluding carboxylic acids is 1. The summed E-state index contributed by atoms with van der Waals surface area (Å²) in [5.41, 5.74) is 1.15. The van der Waals surface area contributed by atoms with Crippen molar-refractivity contribution in [2.45, 2.75) is 12.3 Å². The van der Waals surface area contributed by atoms with Gasteiger partial charge in [-0.2, -0.15) is 5.26 Å². The number of aromatic hydroxyl groups is 1. The van der Waals surface area contributed by atoms with Gasteiger partial charge in [-0.1, -0.05) is 6.07 Å². The first-order valence-electron chi connectivity index (χ1n) is 4.50. The largest absolute Gasteiger partial charge is 0.507 e. The van der Waals surface area contributed by atoms with Crippen LogP contribution in [0, 0.1) is 11.3 Å². The summed E-state index contributed by atoms with van der Waals surface area (Å²) in [6.07, 6.45) is -0.0579. The number of ether oxygens (including phenoxy) is 1. The number of nitrogens with zero attached hydrogens (tertiary/aromatic N) is 1. The molecule has 0 aliphatic carbocycles. The molecule has 0 radical (unpaired) electrons. The molecule has 5 heteroatoms. The summed E-state index contributed by atoms with van der Waals surface area (Å²) >= 11 is 5.63. The van der Waals surface area contributed by atoms with Crippen molar-refractivity contribution < 1.29 is 14.6 Å². The van der Waals surface area contributed by atoms with Crippen molar-refractivity contribution in [1.82, 2.24) is 0 Å². The summed E-state index contributed by atoms with van der Waals surface area (Å²) < 4.78 is 4.50. The maximum absolute atomic E-state index is 11.1. The Bertz CT molecular complexity index is 451. The number of rotatable bonds is 3. The van der Waals surface area contributed by atoms with E-state index in [2.05, 4.69) is 4.74 Å². The zero-order chi connectivity index (χ0) is 12.1. The van der Waals surface area contributed by atoms with Crippen molar-refractivity contribution in [1.29, 1.82) is 5.26 Å². The van der Waals surface area contributed by atoms with E-state index in [1.54, 1.807) is 6.07 Å². The van der Waals surface area contributed by atoms with E-state index in [1.807, 2.05) is 6.07 Å². The molecule has 0 aliphatic rings. The van der Waals surface area contributed by atoms with E-state index in [0.717, 1.165) is 0 Å². The smallest absolute Gasteiger partial charge is 0.310 e. The van der Waals surface area contributed by atoms with Gasteiger partial charge >= 0.3 is 5.97 Å². The van der Waals surface area contributed by atoms with Gasteiger partial charge in [-0.3, -0.25) is 4.79 Å². The van der Waals surface area contributed by atoms with Crippen LogP contribution in [-0.2, 0) is 21.8 Å². The molecule has 1 aromatic rings. The van der Waals surface area contributed by atoms with E-state index < -0.39 is 5.97 Å². The zero-order valence-corrected chi connectivity index (χ0v) is 9.41. The summed E-state index contributed by atoms with van der Waals surface area (Å²) in [5, 5.41) is 18.4. The number of carbonyl (C=O) groups is 1. The lowest BCUT2D eigenvalue weighted by molar-refractivity contribution is -0.139. The van der Waals surface area contributed by atoms with Crippen LogP contribution in [0.2, 0.25) is 0 Å². The SMILES string of the molecule is COC(=O)Cc1cc(CCl)cc(O)c1C#N. The Morgan fingerprint density at radius 2 is 2.31 bits per heavy atom. The highest BCUT2D eigenvalue weighted by Crippen LogP contribution is 2.24. The van der Waals surface area contributed by atoms with Crippen LogP contribution >= 0.6 is 11.6 Å². The molecule has 0 aliphatic heterocycles. The van der Waals surface area contributed by atoms with Crippen LogP contribution in [0.1, 0.15) is 16.7 Å². The lowest BCUT2D eigenvalue weighted by Gasteiger charge is -2.07. The van der Waals surface area contributed by atoms with Gasteiger partial charge in [-0.15, -0.1) is 11.6 Å². The Hall–Kier alpha value is -1.73. The number of hydrogen-bond donors (Lipinski definition) is 1. The van der Waals surface area contributed by atoms with E-state index in [1.165, 1.54) is 13.2 Å². The second kappa shape index (κ2) is 5.38. The quantitative estimate of drug-likeness (QED) is 0.644. The minimum atomic E-state index is -0.470. The third-order valence-electron chi connectivity index (χ3n) is 2.09. The van der Waals surface area contributed by atoms with Crippen LogP contribution in [0.3, 0.4) is 0 Å². The third-order valence-corrected chi connectivity index (χ3v) is 2.40. The van der Waals surface area contributed by atoms with Gasteiger partial charge in [-0.05, 0) is 17.2 Å². The monoisotopic (exact) mass is 239 g/mol. The molecule has 0 saturated heterocycles. The van der Waals surface area contributed by atoms with Crippen molar-refractivity contribution >= 4 is 17.6 Å². The minimum Gasteiger partial charge on any atom is -0.507 e. The van der Waals surface area contributed by atoms with Gasteiger partial charge in [-0.25, -0.2) is 0 Å². The van der Waals surface area contributed by atoms with Gasteiger partial charge < -0.3 is 9.84 Å². The standard InChI is InChI=1S/C11H10ClNO3/c1-16-11(15)4-8-2-7(5-12)3-10(14)9(8)6-13/h2-3,14H,4-5H2,1H3. The number of phenols is 1. The van der Waals surface area contributed by atoms with Gasteiger partial charge in [0.05, 0.1) is 19.1 Å². The normalized spacial score (nSPS) is 9.56. The van der Waals surface area contributed by atoms with Crippen LogP contribution in [0.15, 0.2) is 12.1 Å². The highest BCUT2D eigenvalue weighted by molar-refractivity contribution is 6.17. The molecular formula is C11H10ClNO3. The zero-order valence-electron chi connectivity index (χ0n) is 8.66. The van der Waals surface area contributed by atoms with Crippen LogP contribution in [-0.4, -0.2) is 18.2 Å². The first-order chi connectivity index (χ1) is 7.62. The number of benzene rings is 1. The highest BCUT2D eigenvalue weighted by atomic mass is 35.5. The number of alkyl halides is 1. The van der Waals surface area contributed by atoms with Crippen LogP contribution in [0.5, 0.6) is 5.75 Å². The lowest BCUT2D eigenvalue weighted by atomic mass is 10.0. The molecule has 0 spiro atoms. The molecule has 0 unspecified atom stereocenters. The second-order valence-electron chi connectivity index (χ2n) is 3.15. The molecule has 0 saturated carbocycles. The topological polar surface area (TPSA) is 70.3 Å². The molecule has 0 atom stereocenters. The van der Waals surface area contributed by atoms with Gasteiger partial charge in [0.1, 0.15) is 11.8 Å². The highest BCUT2D eigenvalue weighted by Gasteiger charge is 2.13. The van der Waals surface area contributed by atoms with Gasteiger partial charge in [0.25, 0.3) is 0 Å². The van der Waals surface area contributed by atoms with Gasteiger partial charge in [0.2, 0.25) is 0 Å². The van der Waals surface area contributed by atoms with E-state index in [0.29, 0.717) is 11.1 Å². The fraction of sp³-hybridized carbons (Fsp3) is 0.273. The predicted octanol–water partition coefficient (Wildman–Crippen LogP) is 1.72. The van der Waals surface area contributed by atoms with Crippen LogP contribution in [0.25, 0.3) is 0 Å². The molecule has 0 bridgehead atoms.